The zero-order chi connectivity index (χ0) is 22.2. The number of hydrogen-bond donors (Lipinski definition) is 3. The third-order valence-electron chi connectivity index (χ3n) is 5.59. The molecule has 0 radical (unpaired) electrons. The number of carbonyl (C=O) groups excluding carboxylic acids is 1. The van der Waals surface area contributed by atoms with Gasteiger partial charge in [-0.15, -0.1) is 0 Å². The summed E-state index contributed by atoms with van der Waals surface area (Å²) in [6.45, 7) is 5.71. The highest BCUT2D eigenvalue weighted by atomic mass is 16.3. The standard InChI is InChI=1S/C24H25N5O2/c1-15-11-12-19(14-16(15)2)29-23(31)21(17(3)27-29)26-28-24(25)13-7-10-20(22(24)30)18-8-5-4-6-9-18/h4-14,22,28,30H,25H2,1-3H3. The lowest BCUT2D eigenvalue weighted by Gasteiger charge is -2.34. The number of nitrogens with one attached hydrogen (secondary N) is 1. The van der Waals surface area contributed by atoms with E-state index in [2.05, 4.69) is 15.6 Å². The molecule has 1 heterocycles. The number of allylic oxidation sites excluding steroid dienone is 2. The van der Waals surface area contributed by atoms with E-state index in [0.29, 0.717) is 17.0 Å². The summed E-state index contributed by atoms with van der Waals surface area (Å²) in [5.74, 6) is -0.357. The van der Waals surface area contributed by atoms with Crippen molar-refractivity contribution in [2.45, 2.75) is 32.5 Å². The van der Waals surface area contributed by atoms with Gasteiger partial charge in [0.05, 0.1) is 11.4 Å². The molecule has 31 heavy (non-hydrogen) atoms. The van der Waals surface area contributed by atoms with Crippen molar-refractivity contribution in [1.29, 1.82) is 0 Å². The average Bonchev–Trinajstić information content (AvgIpc) is 3.05. The number of nitrogens with zero attached hydrogens (tertiary/aromatic N) is 3. The van der Waals surface area contributed by atoms with Gasteiger partial charge >= 0.3 is 5.91 Å². The van der Waals surface area contributed by atoms with E-state index in [4.69, 9.17) is 5.73 Å². The summed E-state index contributed by atoms with van der Waals surface area (Å²) in [7, 11) is 0. The van der Waals surface area contributed by atoms with E-state index in [1.165, 1.54) is 5.01 Å². The second-order valence-electron chi connectivity index (χ2n) is 7.83. The van der Waals surface area contributed by atoms with Crippen molar-refractivity contribution in [2.75, 3.05) is 5.01 Å². The molecule has 0 saturated carbocycles. The maximum Gasteiger partial charge on any atom is 0.301 e. The molecule has 7 nitrogen and oxygen atoms in total. The Bertz CT molecular complexity index is 1150. The zero-order valence-electron chi connectivity index (χ0n) is 17.7. The molecule has 1 amide bonds. The predicted molar refractivity (Wildman–Crippen MR) is 124 cm³/mol. The topological polar surface area (TPSA) is 103 Å². The van der Waals surface area contributed by atoms with E-state index in [0.717, 1.165) is 16.7 Å². The Kier molecular flexibility index (Phi) is 5.31. The molecule has 2 aromatic rings. The quantitative estimate of drug-likeness (QED) is 0.528. The van der Waals surface area contributed by atoms with Crippen LogP contribution in [0.1, 0.15) is 23.6 Å². The molecule has 7 heteroatoms. The molecule has 1 aliphatic heterocycles. The first-order valence-corrected chi connectivity index (χ1v) is 10.0. The number of hydrogen-bond acceptors (Lipinski definition) is 6. The van der Waals surface area contributed by atoms with Crippen LogP contribution < -0.4 is 16.2 Å². The van der Waals surface area contributed by atoms with Gasteiger partial charge in [-0.2, -0.15) is 15.2 Å². The fourth-order valence-electron chi connectivity index (χ4n) is 3.55. The molecular formula is C24H25N5O2. The van der Waals surface area contributed by atoms with Gasteiger partial charge in [0, 0.05) is 0 Å². The number of aliphatic hydroxyl groups is 1. The number of benzene rings is 2. The normalized spacial score (nSPS) is 24.4. The second-order valence-corrected chi connectivity index (χ2v) is 7.83. The van der Waals surface area contributed by atoms with Crippen LogP contribution in [-0.4, -0.2) is 34.2 Å². The molecule has 0 aromatic heterocycles. The van der Waals surface area contributed by atoms with Gasteiger partial charge in [0.15, 0.2) is 11.4 Å². The van der Waals surface area contributed by atoms with Crippen molar-refractivity contribution in [1.82, 2.24) is 5.43 Å². The first kappa shape index (κ1) is 20.7. The molecule has 0 fully saturated rings. The Balaban J connectivity index is 1.56. The molecule has 4 rings (SSSR count). The fourth-order valence-corrected chi connectivity index (χ4v) is 3.55. The van der Waals surface area contributed by atoms with Crippen molar-refractivity contribution in [3.63, 3.8) is 0 Å². The number of aryl methyl sites for hydroxylation is 2. The number of rotatable bonds is 4. The minimum atomic E-state index is -1.37. The van der Waals surface area contributed by atoms with Gasteiger partial charge in [-0.3, -0.25) is 10.2 Å². The summed E-state index contributed by atoms with van der Waals surface area (Å²) in [6.07, 6.45) is 4.14. The Hall–Kier alpha value is -3.55. The van der Waals surface area contributed by atoms with Crippen LogP contribution in [0.3, 0.4) is 0 Å². The van der Waals surface area contributed by atoms with Crippen LogP contribution in [0.5, 0.6) is 0 Å². The van der Waals surface area contributed by atoms with Crippen molar-refractivity contribution in [3.05, 3.63) is 83.4 Å². The Morgan fingerprint density at radius 2 is 1.87 bits per heavy atom. The van der Waals surface area contributed by atoms with Crippen LogP contribution in [0.25, 0.3) is 5.57 Å². The molecule has 2 aromatic carbocycles. The zero-order valence-corrected chi connectivity index (χ0v) is 17.7. The van der Waals surface area contributed by atoms with Crippen LogP contribution in [-0.2, 0) is 4.79 Å². The molecule has 4 N–H and O–H groups in total. The van der Waals surface area contributed by atoms with Crippen LogP contribution in [0.4, 0.5) is 5.69 Å². The van der Waals surface area contributed by atoms with Crippen molar-refractivity contribution in [3.8, 4) is 0 Å². The van der Waals surface area contributed by atoms with E-state index >= 15 is 0 Å². The molecule has 158 valence electrons. The van der Waals surface area contributed by atoms with E-state index in [-0.39, 0.29) is 11.6 Å². The van der Waals surface area contributed by atoms with Gasteiger partial charge in [-0.1, -0.05) is 48.6 Å². The molecule has 2 atom stereocenters. The molecule has 0 saturated heterocycles. The van der Waals surface area contributed by atoms with Crippen LogP contribution in [0.2, 0.25) is 0 Å². The SMILES string of the molecule is CC1=NN(c2ccc(C)c(C)c2)C(=O)C1=NNC1(N)C=CC=C(c2ccccc2)C1O. The predicted octanol–water partition coefficient (Wildman–Crippen LogP) is 2.64. The maximum absolute atomic E-state index is 13.0. The molecule has 1 aliphatic carbocycles. The summed E-state index contributed by atoms with van der Waals surface area (Å²) in [4.78, 5) is 13.0. The first-order valence-electron chi connectivity index (χ1n) is 10.0. The van der Waals surface area contributed by atoms with Crippen molar-refractivity contribution in [2.24, 2.45) is 15.9 Å². The number of carbonyl (C=O) groups is 1. The molecule has 0 bridgehead atoms. The summed E-state index contributed by atoms with van der Waals surface area (Å²) in [6, 6.07) is 15.2. The number of nitrogens with two attached hydrogens (primary N) is 1. The number of amides is 1. The minimum Gasteiger partial charge on any atom is -0.384 e. The summed E-state index contributed by atoms with van der Waals surface area (Å²) in [5.41, 5.74) is 12.9. The highest BCUT2D eigenvalue weighted by molar-refractivity contribution is 6.71. The van der Waals surface area contributed by atoms with E-state index in [1.807, 2.05) is 68.5 Å². The van der Waals surface area contributed by atoms with E-state index in [9.17, 15) is 9.90 Å². The van der Waals surface area contributed by atoms with Gasteiger partial charge in [0.1, 0.15) is 6.10 Å². The maximum atomic E-state index is 13.0. The summed E-state index contributed by atoms with van der Waals surface area (Å²) < 4.78 is 0. The van der Waals surface area contributed by atoms with Crippen molar-refractivity contribution < 1.29 is 9.90 Å². The van der Waals surface area contributed by atoms with Gasteiger partial charge in [0.25, 0.3) is 0 Å². The van der Waals surface area contributed by atoms with Gasteiger partial charge in [-0.05, 0) is 61.2 Å². The third-order valence-corrected chi connectivity index (χ3v) is 5.59. The Labute approximate surface area is 181 Å². The highest BCUT2D eigenvalue weighted by Gasteiger charge is 2.37. The fraction of sp³-hybridized carbons (Fsp3) is 0.208. The largest absolute Gasteiger partial charge is 0.384 e. The smallest absolute Gasteiger partial charge is 0.301 e. The summed E-state index contributed by atoms with van der Waals surface area (Å²) >= 11 is 0. The van der Waals surface area contributed by atoms with Gasteiger partial charge in [0.2, 0.25) is 0 Å². The first-order chi connectivity index (χ1) is 14.8. The second kappa shape index (κ2) is 7.94. The molecular weight excluding hydrogens is 390 g/mol. The molecule has 0 spiro atoms. The monoisotopic (exact) mass is 415 g/mol. The van der Waals surface area contributed by atoms with Gasteiger partial charge < -0.3 is 10.8 Å². The lowest BCUT2D eigenvalue weighted by atomic mass is 9.88. The summed E-state index contributed by atoms with van der Waals surface area (Å²) in [5, 5.41) is 20.9. The third kappa shape index (κ3) is 3.81. The lowest BCUT2D eigenvalue weighted by molar-refractivity contribution is -0.112. The Morgan fingerprint density at radius 3 is 2.58 bits per heavy atom. The van der Waals surface area contributed by atoms with E-state index in [1.54, 1.807) is 19.1 Å². The highest BCUT2D eigenvalue weighted by Crippen LogP contribution is 2.28. The Morgan fingerprint density at radius 1 is 1.13 bits per heavy atom. The van der Waals surface area contributed by atoms with Crippen molar-refractivity contribution >= 4 is 28.6 Å². The average molecular weight is 415 g/mol. The van der Waals surface area contributed by atoms with E-state index < -0.39 is 11.8 Å². The minimum absolute atomic E-state index is 0.152. The van der Waals surface area contributed by atoms with Crippen LogP contribution in [0.15, 0.2) is 77.0 Å². The van der Waals surface area contributed by atoms with Crippen LogP contribution >= 0.6 is 0 Å². The molecule has 2 aliphatic rings. The van der Waals surface area contributed by atoms with Crippen LogP contribution in [0, 0.1) is 13.8 Å². The van der Waals surface area contributed by atoms with Gasteiger partial charge in [-0.25, -0.2) is 0 Å². The number of hydrazone groups is 2. The lowest BCUT2D eigenvalue weighted by Crippen LogP contribution is -2.60. The number of anilines is 1. The number of aliphatic hydroxyl groups excluding tert-OH is 1. The molecule has 2 unspecified atom stereocenters.